The van der Waals surface area contributed by atoms with E-state index in [1.807, 2.05) is 0 Å². The molecule has 2 aliphatic rings. The summed E-state index contributed by atoms with van der Waals surface area (Å²) in [6, 6.07) is 8.59. The number of piperidine rings is 1. The Labute approximate surface area is 177 Å². The van der Waals surface area contributed by atoms with Gasteiger partial charge in [0, 0.05) is 19.3 Å². The van der Waals surface area contributed by atoms with Crippen molar-refractivity contribution < 1.29 is 14.3 Å². The van der Waals surface area contributed by atoms with Gasteiger partial charge in [-0.25, -0.2) is 9.78 Å². The van der Waals surface area contributed by atoms with E-state index in [0.717, 1.165) is 23.8 Å². The van der Waals surface area contributed by atoms with Crippen LogP contribution in [0.2, 0.25) is 0 Å². The van der Waals surface area contributed by atoms with Crippen LogP contribution in [0.3, 0.4) is 0 Å². The topological polar surface area (TPSA) is 95.7 Å². The number of aromatic nitrogens is 3. The fourth-order valence-electron chi connectivity index (χ4n) is 4.14. The first-order valence-electron chi connectivity index (χ1n) is 10.4. The number of hydrogen-bond acceptors (Lipinski definition) is 6. The van der Waals surface area contributed by atoms with Crippen molar-refractivity contribution in [3.63, 3.8) is 0 Å². The van der Waals surface area contributed by atoms with E-state index in [1.165, 1.54) is 10.8 Å². The van der Waals surface area contributed by atoms with Crippen LogP contribution in [0.4, 0.5) is 0 Å². The third kappa shape index (κ3) is 3.56. The van der Waals surface area contributed by atoms with Gasteiger partial charge in [-0.15, -0.1) is 0 Å². The van der Waals surface area contributed by atoms with E-state index in [0.29, 0.717) is 35.7 Å². The number of pyridine rings is 1. The molecule has 0 aliphatic carbocycles. The van der Waals surface area contributed by atoms with Gasteiger partial charge in [-0.05, 0) is 49.1 Å². The summed E-state index contributed by atoms with van der Waals surface area (Å²) < 4.78 is 13.2. The van der Waals surface area contributed by atoms with Crippen molar-refractivity contribution in [1.29, 1.82) is 0 Å². The van der Waals surface area contributed by atoms with Gasteiger partial charge in [0.2, 0.25) is 12.7 Å². The molecule has 1 saturated heterocycles. The predicted molar refractivity (Wildman–Crippen MR) is 112 cm³/mol. The molecule has 9 nitrogen and oxygen atoms in total. The lowest BCUT2D eigenvalue weighted by Crippen LogP contribution is -2.44. The summed E-state index contributed by atoms with van der Waals surface area (Å²) >= 11 is 0. The average molecular weight is 422 g/mol. The van der Waals surface area contributed by atoms with E-state index in [-0.39, 0.29) is 31.3 Å². The molecule has 3 aromatic rings. The first-order valence-corrected chi connectivity index (χ1v) is 10.4. The lowest BCUT2D eigenvalue weighted by molar-refractivity contribution is -0.132. The highest BCUT2D eigenvalue weighted by atomic mass is 16.7. The van der Waals surface area contributed by atoms with Crippen LogP contribution in [0, 0.1) is 0 Å². The summed E-state index contributed by atoms with van der Waals surface area (Å²) in [4.78, 5) is 45.3. The summed E-state index contributed by atoms with van der Waals surface area (Å²) in [6.45, 7) is 1.45. The fraction of sp³-hybridized carbons (Fsp3) is 0.364. The second kappa shape index (κ2) is 7.90. The lowest BCUT2D eigenvalue weighted by atomic mass is 10.1. The highest BCUT2D eigenvalue weighted by Gasteiger charge is 2.21. The highest BCUT2D eigenvalue weighted by Crippen LogP contribution is 2.32. The molecule has 0 spiro atoms. The molecule has 0 atom stereocenters. The van der Waals surface area contributed by atoms with Crippen molar-refractivity contribution in [3.05, 3.63) is 62.9 Å². The summed E-state index contributed by atoms with van der Waals surface area (Å²) in [7, 11) is 0. The molecule has 1 fully saturated rings. The fourth-order valence-corrected chi connectivity index (χ4v) is 4.14. The Kier molecular flexibility index (Phi) is 4.93. The molecule has 0 N–H and O–H groups in total. The minimum absolute atomic E-state index is 0.0404. The number of fused-ring (bicyclic) bond motifs is 2. The van der Waals surface area contributed by atoms with Crippen molar-refractivity contribution in [3.8, 4) is 11.5 Å². The summed E-state index contributed by atoms with van der Waals surface area (Å²) in [5.41, 5.74) is 0.222. The molecule has 1 amide bonds. The quantitative estimate of drug-likeness (QED) is 0.630. The van der Waals surface area contributed by atoms with E-state index in [1.54, 1.807) is 35.2 Å². The van der Waals surface area contributed by atoms with Gasteiger partial charge >= 0.3 is 5.69 Å². The van der Waals surface area contributed by atoms with E-state index in [9.17, 15) is 14.4 Å². The predicted octanol–water partition coefficient (Wildman–Crippen LogP) is 1.35. The second-order valence-electron chi connectivity index (χ2n) is 7.76. The Morgan fingerprint density at radius 3 is 2.65 bits per heavy atom. The van der Waals surface area contributed by atoms with Crippen LogP contribution in [0.5, 0.6) is 11.5 Å². The van der Waals surface area contributed by atoms with Gasteiger partial charge in [-0.3, -0.25) is 18.7 Å². The highest BCUT2D eigenvalue weighted by molar-refractivity contribution is 5.79. The minimum Gasteiger partial charge on any atom is -0.454 e. The molecular formula is C22H22N4O5. The minimum atomic E-state index is -0.534. The van der Waals surface area contributed by atoms with Gasteiger partial charge in [-0.1, -0.05) is 6.07 Å². The van der Waals surface area contributed by atoms with Crippen molar-refractivity contribution in [2.24, 2.45) is 0 Å². The number of amides is 1. The van der Waals surface area contributed by atoms with Crippen LogP contribution in [0.25, 0.3) is 11.0 Å². The maximum atomic E-state index is 13.3. The Morgan fingerprint density at radius 2 is 1.81 bits per heavy atom. The van der Waals surface area contributed by atoms with Crippen LogP contribution < -0.4 is 20.7 Å². The Bertz CT molecular complexity index is 1270. The molecule has 2 aliphatic heterocycles. The molecule has 2 aromatic heterocycles. The Balaban J connectivity index is 1.56. The van der Waals surface area contributed by atoms with Crippen molar-refractivity contribution in [1.82, 2.24) is 19.0 Å². The molecule has 1 aromatic carbocycles. The average Bonchev–Trinajstić information content (AvgIpc) is 3.28. The summed E-state index contributed by atoms with van der Waals surface area (Å²) in [5, 5.41) is 0. The van der Waals surface area contributed by atoms with Crippen molar-refractivity contribution >= 4 is 16.9 Å². The van der Waals surface area contributed by atoms with E-state index < -0.39 is 11.2 Å². The molecule has 160 valence electrons. The number of carbonyl (C=O) groups is 1. The molecule has 31 heavy (non-hydrogen) atoms. The number of hydrogen-bond donors (Lipinski definition) is 0. The summed E-state index contributed by atoms with van der Waals surface area (Å²) in [6.07, 6.45) is 4.55. The first kappa shape index (κ1) is 19.3. The lowest BCUT2D eigenvalue weighted by Gasteiger charge is -2.27. The van der Waals surface area contributed by atoms with Crippen LogP contribution in [-0.4, -0.2) is 44.8 Å². The van der Waals surface area contributed by atoms with Gasteiger partial charge < -0.3 is 14.4 Å². The molecule has 0 radical (unpaired) electrons. The standard InChI is InChI=1S/C22H22N4O5/c27-19(24-9-2-1-3-10-24)13-25-16-5-4-8-23-20(16)21(28)26(22(25)29)12-15-6-7-17-18(11-15)31-14-30-17/h4-8,11H,1-3,9-10,12-14H2. The third-order valence-corrected chi connectivity index (χ3v) is 5.77. The first-order chi connectivity index (χ1) is 15.1. The zero-order valence-corrected chi connectivity index (χ0v) is 17.0. The molecule has 0 bridgehead atoms. The molecule has 0 unspecified atom stereocenters. The van der Waals surface area contributed by atoms with Gasteiger partial charge in [0.1, 0.15) is 6.54 Å². The van der Waals surface area contributed by atoms with Gasteiger partial charge in [0.05, 0.1) is 12.1 Å². The zero-order chi connectivity index (χ0) is 21.4. The molecular weight excluding hydrogens is 400 g/mol. The molecule has 5 rings (SSSR count). The second-order valence-corrected chi connectivity index (χ2v) is 7.76. The SMILES string of the molecule is O=C(Cn1c(=O)n(Cc2ccc3c(c2)OCO3)c(=O)c2ncccc21)N1CCCCC1. The van der Waals surface area contributed by atoms with Crippen molar-refractivity contribution in [2.75, 3.05) is 19.9 Å². The van der Waals surface area contributed by atoms with Crippen LogP contribution in [-0.2, 0) is 17.9 Å². The van der Waals surface area contributed by atoms with Crippen LogP contribution in [0.1, 0.15) is 24.8 Å². The number of carbonyl (C=O) groups excluding carboxylic acids is 1. The zero-order valence-electron chi connectivity index (χ0n) is 17.0. The molecule has 9 heteroatoms. The van der Waals surface area contributed by atoms with Gasteiger partial charge in [-0.2, -0.15) is 0 Å². The van der Waals surface area contributed by atoms with Crippen molar-refractivity contribution in [2.45, 2.75) is 32.4 Å². The summed E-state index contributed by atoms with van der Waals surface area (Å²) in [5.74, 6) is 1.08. The number of ether oxygens (including phenoxy) is 2. The maximum absolute atomic E-state index is 13.3. The number of likely N-dealkylation sites (tertiary alicyclic amines) is 1. The Hall–Kier alpha value is -3.62. The number of benzene rings is 1. The van der Waals surface area contributed by atoms with E-state index in [2.05, 4.69) is 4.98 Å². The maximum Gasteiger partial charge on any atom is 0.332 e. The largest absolute Gasteiger partial charge is 0.454 e. The van der Waals surface area contributed by atoms with E-state index in [4.69, 9.17) is 9.47 Å². The molecule has 0 saturated carbocycles. The number of rotatable bonds is 4. The molecule has 4 heterocycles. The monoisotopic (exact) mass is 422 g/mol. The number of nitrogens with zero attached hydrogens (tertiary/aromatic N) is 4. The Morgan fingerprint density at radius 1 is 1.00 bits per heavy atom. The van der Waals surface area contributed by atoms with Crippen LogP contribution in [0.15, 0.2) is 46.1 Å². The van der Waals surface area contributed by atoms with Gasteiger partial charge in [0.15, 0.2) is 17.0 Å². The third-order valence-electron chi connectivity index (χ3n) is 5.77. The van der Waals surface area contributed by atoms with Crippen LogP contribution >= 0.6 is 0 Å². The van der Waals surface area contributed by atoms with E-state index >= 15 is 0 Å². The normalized spacial score (nSPS) is 15.4. The smallest absolute Gasteiger partial charge is 0.332 e. The van der Waals surface area contributed by atoms with Gasteiger partial charge in [0.25, 0.3) is 5.56 Å².